The van der Waals surface area contributed by atoms with Gasteiger partial charge in [-0.3, -0.25) is 0 Å². The molecule has 0 unspecified atom stereocenters. The summed E-state index contributed by atoms with van der Waals surface area (Å²) in [6.45, 7) is 2.03. The number of methoxy groups -OCH3 is 1. The van der Waals surface area contributed by atoms with Gasteiger partial charge in [0.2, 0.25) is 0 Å². The van der Waals surface area contributed by atoms with Crippen LogP contribution in [-0.4, -0.2) is 34.2 Å². The molecule has 0 bridgehead atoms. The van der Waals surface area contributed by atoms with E-state index >= 15 is 0 Å². The minimum Gasteiger partial charge on any atom is -0.464 e. The van der Waals surface area contributed by atoms with Crippen molar-refractivity contribution in [1.82, 2.24) is 15.0 Å². The van der Waals surface area contributed by atoms with Crippen LogP contribution in [0.4, 0.5) is 13.2 Å². The fourth-order valence-electron chi connectivity index (χ4n) is 1.42. The molecular weight excluding hydrogens is 239 g/mol. The minimum absolute atomic E-state index is 0.120. The number of carbonyl (C=O) groups is 1. The molecular formula is C9H12F3N3O2. The van der Waals surface area contributed by atoms with Crippen molar-refractivity contribution < 1.29 is 22.7 Å². The Bertz CT molecular complexity index is 412. The third-order valence-electron chi connectivity index (χ3n) is 2.03. The maximum Gasteiger partial charge on any atom is 0.408 e. The standard InChI is InChI=1S/C9H12F3N3O2/c1-5(2)7-6(8(16)17-3)13-14-15(7)4-9(10,11)12/h5H,4H2,1-3H3. The molecule has 96 valence electrons. The zero-order valence-electron chi connectivity index (χ0n) is 9.58. The van der Waals surface area contributed by atoms with Crippen molar-refractivity contribution in [2.75, 3.05) is 7.11 Å². The summed E-state index contributed by atoms with van der Waals surface area (Å²) in [5.74, 6) is -1.11. The molecule has 0 amide bonds. The van der Waals surface area contributed by atoms with Crippen molar-refractivity contribution in [3.8, 4) is 0 Å². The van der Waals surface area contributed by atoms with Crippen molar-refractivity contribution in [1.29, 1.82) is 0 Å². The van der Waals surface area contributed by atoms with Crippen LogP contribution in [-0.2, 0) is 11.3 Å². The van der Waals surface area contributed by atoms with Gasteiger partial charge >= 0.3 is 12.1 Å². The molecule has 5 nitrogen and oxygen atoms in total. The molecule has 1 heterocycles. The Labute approximate surface area is 95.6 Å². The van der Waals surface area contributed by atoms with E-state index in [-0.39, 0.29) is 17.3 Å². The van der Waals surface area contributed by atoms with E-state index in [2.05, 4.69) is 15.0 Å². The van der Waals surface area contributed by atoms with E-state index in [1.54, 1.807) is 13.8 Å². The van der Waals surface area contributed by atoms with E-state index in [1.165, 1.54) is 0 Å². The first-order valence-electron chi connectivity index (χ1n) is 4.84. The topological polar surface area (TPSA) is 57.0 Å². The maximum atomic E-state index is 12.3. The molecule has 8 heteroatoms. The fourth-order valence-corrected chi connectivity index (χ4v) is 1.42. The van der Waals surface area contributed by atoms with Crippen LogP contribution in [0.1, 0.15) is 35.9 Å². The molecule has 1 aromatic rings. The Morgan fingerprint density at radius 2 is 2.06 bits per heavy atom. The van der Waals surface area contributed by atoms with Crippen LogP contribution in [0.2, 0.25) is 0 Å². The van der Waals surface area contributed by atoms with Gasteiger partial charge in [-0.25, -0.2) is 9.48 Å². The van der Waals surface area contributed by atoms with E-state index in [0.717, 1.165) is 7.11 Å². The van der Waals surface area contributed by atoms with Crippen LogP contribution in [0.15, 0.2) is 0 Å². The van der Waals surface area contributed by atoms with Crippen molar-refractivity contribution in [2.24, 2.45) is 0 Å². The Morgan fingerprint density at radius 3 is 2.47 bits per heavy atom. The summed E-state index contributed by atoms with van der Waals surface area (Å²) in [4.78, 5) is 11.3. The molecule has 0 aliphatic rings. The third kappa shape index (κ3) is 3.18. The summed E-state index contributed by atoms with van der Waals surface area (Å²) in [6.07, 6.45) is -4.41. The van der Waals surface area contributed by atoms with Gasteiger partial charge in [-0.2, -0.15) is 13.2 Å². The number of aromatic nitrogens is 3. The SMILES string of the molecule is COC(=O)c1nnn(CC(F)(F)F)c1C(C)C. The zero-order chi connectivity index (χ0) is 13.2. The van der Waals surface area contributed by atoms with Crippen molar-refractivity contribution in [3.05, 3.63) is 11.4 Å². The normalized spacial score (nSPS) is 11.9. The highest BCUT2D eigenvalue weighted by Crippen LogP contribution is 2.23. The van der Waals surface area contributed by atoms with Gasteiger partial charge in [0.1, 0.15) is 6.54 Å². The molecule has 0 aliphatic carbocycles. The van der Waals surface area contributed by atoms with E-state index in [0.29, 0.717) is 4.68 Å². The monoisotopic (exact) mass is 251 g/mol. The number of hydrogen-bond donors (Lipinski definition) is 0. The molecule has 0 saturated heterocycles. The summed E-state index contributed by atoms with van der Waals surface area (Å²) in [5, 5.41) is 6.77. The van der Waals surface area contributed by atoms with Crippen molar-refractivity contribution >= 4 is 5.97 Å². The highest BCUT2D eigenvalue weighted by molar-refractivity contribution is 5.88. The van der Waals surface area contributed by atoms with Gasteiger partial charge in [-0.05, 0) is 5.92 Å². The van der Waals surface area contributed by atoms with Crippen molar-refractivity contribution in [3.63, 3.8) is 0 Å². The van der Waals surface area contributed by atoms with Gasteiger partial charge in [-0.15, -0.1) is 5.10 Å². The summed E-state index contributed by atoms with van der Waals surface area (Å²) in [6, 6.07) is 0. The van der Waals surface area contributed by atoms with Gasteiger partial charge in [0.25, 0.3) is 0 Å². The van der Waals surface area contributed by atoms with Crippen LogP contribution in [0.5, 0.6) is 0 Å². The lowest BCUT2D eigenvalue weighted by atomic mass is 10.1. The van der Waals surface area contributed by atoms with Gasteiger partial charge < -0.3 is 4.74 Å². The van der Waals surface area contributed by atoms with E-state index in [9.17, 15) is 18.0 Å². The highest BCUT2D eigenvalue weighted by atomic mass is 19.4. The Hall–Kier alpha value is -1.60. The summed E-state index contributed by atoms with van der Waals surface area (Å²) in [7, 11) is 1.13. The largest absolute Gasteiger partial charge is 0.464 e. The lowest BCUT2D eigenvalue weighted by Crippen LogP contribution is -2.21. The number of ether oxygens (including phenoxy) is 1. The molecule has 0 fully saturated rings. The minimum atomic E-state index is -4.41. The summed E-state index contributed by atoms with van der Waals surface area (Å²) >= 11 is 0. The smallest absolute Gasteiger partial charge is 0.408 e. The number of alkyl halides is 3. The second-order valence-corrected chi connectivity index (χ2v) is 3.74. The average molecular weight is 251 g/mol. The molecule has 0 spiro atoms. The molecule has 0 aromatic carbocycles. The molecule has 0 atom stereocenters. The lowest BCUT2D eigenvalue weighted by molar-refractivity contribution is -0.143. The number of nitrogens with zero attached hydrogens (tertiary/aromatic N) is 3. The molecule has 0 N–H and O–H groups in total. The Balaban J connectivity index is 3.16. The zero-order valence-corrected chi connectivity index (χ0v) is 9.58. The van der Waals surface area contributed by atoms with Crippen molar-refractivity contribution in [2.45, 2.75) is 32.5 Å². The van der Waals surface area contributed by atoms with E-state index in [4.69, 9.17) is 0 Å². The predicted octanol–water partition coefficient (Wildman–Crippen LogP) is 1.75. The lowest BCUT2D eigenvalue weighted by Gasteiger charge is -2.12. The summed E-state index contributed by atoms with van der Waals surface area (Å²) < 4.78 is 41.9. The third-order valence-corrected chi connectivity index (χ3v) is 2.03. The van der Waals surface area contributed by atoms with Crippen LogP contribution >= 0.6 is 0 Å². The Morgan fingerprint density at radius 1 is 1.47 bits per heavy atom. The predicted molar refractivity (Wildman–Crippen MR) is 51.5 cm³/mol. The maximum absolute atomic E-state index is 12.3. The molecule has 1 rings (SSSR count). The van der Waals surface area contributed by atoms with E-state index < -0.39 is 18.7 Å². The van der Waals surface area contributed by atoms with Gasteiger partial charge in [0.05, 0.1) is 12.8 Å². The molecule has 1 aromatic heterocycles. The first-order valence-corrected chi connectivity index (χ1v) is 4.84. The average Bonchev–Trinajstić information content (AvgIpc) is 2.57. The van der Waals surface area contributed by atoms with Gasteiger partial charge in [0.15, 0.2) is 5.69 Å². The number of carbonyl (C=O) groups excluding carboxylic acids is 1. The Kier molecular flexibility index (Phi) is 3.74. The molecule has 0 aliphatic heterocycles. The fraction of sp³-hybridized carbons (Fsp3) is 0.667. The van der Waals surface area contributed by atoms with Gasteiger partial charge in [-0.1, -0.05) is 19.1 Å². The first-order chi connectivity index (χ1) is 7.76. The van der Waals surface area contributed by atoms with Crippen LogP contribution in [0.25, 0.3) is 0 Å². The molecule has 17 heavy (non-hydrogen) atoms. The second kappa shape index (κ2) is 4.72. The van der Waals surface area contributed by atoms with Crippen LogP contribution in [0.3, 0.4) is 0 Å². The number of esters is 1. The quantitative estimate of drug-likeness (QED) is 0.768. The number of rotatable bonds is 3. The van der Waals surface area contributed by atoms with E-state index in [1.807, 2.05) is 0 Å². The number of halogens is 3. The number of hydrogen-bond acceptors (Lipinski definition) is 4. The highest BCUT2D eigenvalue weighted by Gasteiger charge is 2.32. The second-order valence-electron chi connectivity index (χ2n) is 3.74. The van der Waals surface area contributed by atoms with Crippen LogP contribution in [0, 0.1) is 0 Å². The van der Waals surface area contributed by atoms with Crippen LogP contribution < -0.4 is 0 Å². The summed E-state index contributed by atoms with van der Waals surface area (Å²) in [5.41, 5.74) is -0.0547. The molecule has 0 radical (unpaired) electrons. The first kappa shape index (κ1) is 13.5. The van der Waals surface area contributed by atoms with Gasteiger partial charge in [0, 0.05) is 0 Å². The molecule has 0 saturated carbocycles.